The molecule has 2 atom stereocenters. The van der Waals surface area contributed by atoms with Gasteiger partial charge in [0.05, 0.1) is 13.2 Å². The number of ether oxygens (including phenoxy) is 1. The van der Waals surface area contributed by atoms with E-state index in [4.69, 9.17) is 9.73 Å². The Hall–Kier alpha value is -2.61. The molecule has 2 saturated heterocycles. The molecule has 8 heteroatoms. The molecule has 0 bridgehead atoms. The van der Waals surface area contributed by atoms with Crippen LogP contribution in [0, 0.1) is 13.8 Å². The van der Waals surface area contributed by atoms with Gasteiger partial charge in [-0.25, -0.2) is 9.79 Å². The fraction of sp³-hybridized carbons (Fsp3) is 0.526. The standard InChI is InChI=1S/C19H25N5O3/c1-12-5-6-14(11-13(12)2)22-7-8-23-15-16(20-18(22)23)21(3)19(26)24(17(15)25)9-10-27-4/h5-6,11,15-16H,7-10H2,1-4H3. The van der Waals surface area contributed by atoms with E-state index in [1.54, 1.807) is 19.1 Å². The quantitative estimate of drug-likeness (QED) is 0.791. The molecule has 3 amide bonds. The topological polar surface area (TPSA) is 68.7 Å². The summed E-state index contributed by atoms with van der Waals surface area (Å²) in [5.74, 6) is 0.579. The Morgan fingerprint density at radius 3 is 2.67 bits per heavy atom. The summed E-state index contributed by atoms with van der Waals surface area (Å²) in [5.41, 5.74) is 3.53. The molecule has 2 unspecified atom stereocenters. The number of amides is 3. The Balaban J connectivity index is 1.64. The van der Waals surface area contributed by atoms with Gasteiger partial charge in [0.1, 0.15) is 0 Å². The number of guanidine groups is 1. The summed E-state index contributed by atoms with van der Waals surface area (Å²) in [6.45, 7) is 6.24. The van der Waals surface area contributed by atoms with E-state index in [2.05, 4.69) is 36.9 Å². The van der Waals surface area contributed by atoms with Crippen molar-refractivity contribution < 1.29 is 14.3 Å². The Morgan fingerprint density at radius 1 is 1.19 bits per heavy atom. The molecule has 3 heterocycles. The van der Waals surface area contributed by atoms with Crippen molar-refractivity contribution in [3.63, 3.8) is 0 Å². The lowest BCUT2D eigenvalue weighted by molar-refractivity contribution is -0.137. The van der Waals surface area contributed by atoms with Crippen LogP contribution in [0.25, 0.3) is 0 Å². The van der Waals surface area contributed by atoms with Crippen molar-refractivity contribution in [3.05, 3.63) is 29.3 Å². The fourth-order valence-corrected chi connectivity index (χ4v) is 3.96. The number of carbonyl (C=O) groups is 2. The summed E-state index contributed by atoms with van der Waals surface area (Å²) in [7, 11) is 3.27. The lowest BCUT2D eigenvalue weighted by Crippen LogP contribution is -2.65. The molecule has 0 N–H and O–H groups in total. The van der Waals surface area contributed by atoms with Gasteiger partial charge in [-0.05, 0) is 37.1 Å². The number of nitrogens with zero attached hydrogens (tertiary/aromatic N) is 5. The molecule has 0 aliphatic carbocycles. The second-order valence-corrected chi connectivity index (χ2v) is 7.28. The second kappa shape index (κ2) is 6.53. The van der Waals surface area contributed by atoms with Crippen LogP contribution in [-0.2, 0) is 9.53 Å². The smallest absolute Gasteiger partial charge is 0.328 e. The number of hydrogen-bond acceptors (Lipinski definition) is 6. The number of benzene rings is 1. The number of fused-ring (bicyclic) bond motifs is 3. The van der Waals surface area contributed by atoms with E-state index in [0.29, 0.717) is 13.2 Å². The molecule has 27 heavy (non-hydrogen) atoms. The van der Waals surface area contributed by atoms with E-state index >= 15 is 0 Å². The third-order valence-corrected chi connectivity index (χ3v) is 5.70. The predicted octanol–water partition coefficient (Wildman–Crippen LogP) is 1.03. The summed E-state index contributed by atoms with van der Waals surface area (Å²) in [6, 6.07) is 5.55. The van der Waals surface area contributed by atoms with Crippen molar-refractivity contribution in [1.82, 2.24) is 14.7 Å². The maximum Gasteiger partial charge on any atom is 0.328 e. The van der Waals surface area contributed by atoms with Gasteiger partial charge < -0.3 is 19.4 Å². The molecule has 0 saturated carbocycles. The van der Waals surface area contributed by atoms with E-state index in [1.807, 2.05) is 4.90 Å². The number of anilines is 1. The highest BCUT2D eigenvalue weighted by molar-refractivity contribution is 6.08. The Kier molecular flexibility index (Phi) is 4.30. The third-order valence-electron chi connectivity index (χ3n) is 5.70. The monoisotopic (exact) mass is 371 g/mol. The van der Waals surface area contributed by atoms with Gasteiger partial charge in [-0.3, -0.25) is 9.69 Å². The molecule has 2 fully saturated rings. The van der Waals surface area contributed by atoms with Crippen LogP contribution in [0.2, 0.25) is 0 Å². The summed E-state index contributed by atoms with van der Waals surface area (Å²) < 4.78 is 5.06. The van der Waals surface area contributed by atoms with Gasteiger partial charge in [-0.2, -0.15) is 0 Å². The van der Waals surface area contributed by atoms with Crippen LogP contribution in [0.1, 0.15) is 11.1 Å². The number of aliphatic imine (C=N–C) groups is 1. The zero-order valence-corrected chi connectivity index (χ0v) is 16.2. The average Bonchev–Trinajstić information content (AvgIpc) is 3.21. The normalized spacial score (nSPS) is 24.5. The molecule has 3 aliphatic rings. The molecule has 1 aromatic carbocycles. The van der Waals surface area contributed by atoms with Crippen LogP contribution in [0.15, 0.2) is 23.2 Å². The summed E-state index contributed by atoms with van der Waals surface area (Å²) >= 11 is 0. The first kappa shape index (κ1) is 17.8. The fourth-order valence-electron chi connectivity index (χ4n) is 3.96. The van der Waals surface area contributed by atoms with E-state index in [1.165, 1.54) is 16.0 Å². The van der Waals surface area contributed by atoms with Crippen molar-refractivity contribution in [2.75, 3.05) is 45.3 Å². The molecule has 0 spiro atoms. The van der Waals surface area contributed by atoms with Gasteiger partial charge in [0.2, 0.25) is 5.96 Å². The number of methoxy groups -OCH3 is 1. The lowest BCUT2D eigenvalue weighted by Gasteiger charge is -2.40. The molecular weight excluding hydrogens is 346 g/mol. The molecule has 0 radical (unpaired) electrons. The van der Waals surface area contributed by atoms with Crippen LogP contribution >= 0.6 is 0 Å². The van der Waals surface area contributed by atoms with Gasteiger partial charge in [0.25, 0.3) is 5.91 Å². The lowest BCUT2D eigenvalue weighted by atomic mass is 10.1. The Bertz CT molecular complexity index is 824. The minimum absolute atomic E-state index is 0.194. The van der Waals surface area contributed by atoms with Crippen molar-refractivity contribution in [1.29, 1.82) is 0 Å². The summed E-state index contributed by atoms with van der Waals surface area (Å²) in [4.78, 5) is 37.4. The number of likely N-dealkylation sites (N-methyl/N-ethyl adjacent to an activating group) is 1. The molecule has 4 rings (SSSR count). The number of imide groups is 1. The van der Waals surface area contributed by atoms with Crippen LogP contribution < -0.4 is 4.90 Å². The minimum Gasteiger partial charge on any atom is -0.383 e. The average molecular weight is 371 g/mol. The first-order valence-corrected chi connectivity index (χ1v) is 9.20. The minimum atomic E-state index is -0.479. The highest BCUT2D eigenvalue weighted by Crippen LogP contribution is 2.33. The van der Waals surface area contributed by atoms with Crippen molar-refractivity contribution in [2.24, 2.45) is 4.99 Å². The highest BCUT2D eigenvalue weighted by atomic mass is 16.5. The number of rotatable bonds is 4. The number of hydrogen-bond donors (Lipinski definition) is 0. The molecule has 0 aromatic heterocycles. The maximum atomic E-state index is 13.0. The van der Waals surface area contributed by atoms with Gasteiger partial charge in [0, 0.05) is 32.9 Å². The second-order valence-electron chi connectivity index (χ2n) is 7.28. The van der Waals surface area contributed by atoms with Gasteiger partial charge >= 0.3 is 6.03 Å². The van der Waals surface area contributed by atoms with Crippen molar-refractivity contribution >= 4 is 23.6 Å². The van der Waals surface area contributed by atoms with E-state index in [0.717, 1.165) is 18.2 Å². The first-order valence-electron chi connectivity index (χ1n) is 9.20. The number of aryl methyl sites for hydroxylation is 2. The van der Waals surface area contributed by atoms with E-state index in [9.17, 15) is 9.59 Å². The van der Waals surface area contributed by atoms with Gasteiger partial charge in [0.15, 0.2) is 12.2 Å². The largest absolute Gasteiger partial charge is 0.383 e. The predicted molar refractivity (Wildman–Crippen MR) is 102 cm³/mol. The van der Waals surface area contributed by atoms with Gasteiger partial charge in [-0.15, -0.1) is 0 Å². The maximum absolute atomic E-state index is 13.0. The molecular formula is C19H25N5O3. The number of urea groups is 1. The van der Waals surface area contributed by atoms with Crippen molar-refractivity contribution in [2.45, 2.75) is 26.1 Å². The molecule has 1 aromatic rings. The van der Waals surface area contributed by atoms with Gasteiger partial charge in [-0.1, -0.05) is 6.07 Å². The third kappa shape index (κ3) is 2.66. The molecule has 144 valence electrons. The van der Waals surface area contributed by atoms with Crippen LogP contribution in [0.3, 0.4) is 0 Å². The summed E-state index contributed by atoms with van der Waals surface area (Å²) in [6.07, 6.45) is -0.479. The van der Waals surface area contributed by atoms with Crippen LogP contribution in [0.4, 0.5) is 10.5 Å². The van der Waals surface area contributed by atoms with E-state index in [-0.39, 0.29) is 18.5 Å². The first-order chi connectivity index (χ1) is 12.9. The zero-order chi connectivity index (χ0) is 19.3. The van der Waals surface area contributed by atoms with Crippen LogP contribution in [0.5, 0.6) is 0 Å². The summed E-state index contributed by atoms with van der Waals surface area (Å²) in [5, 5.41) is 0. The Morgan fingerprint density at radius 2 is 1.96 bits per heavy atom. The molecule has 8 nitrogen and oxygen atoms in total. The highest BCUT2D eigenvalue weighted by Gasteiger charge is 2.54. The SMILES string of the molecule is COCCN1C(=O)C2C(N=C3N(c4ccc(C)c(C)c4)CCN32)N(C)C1=O. The number of carbonyl (C=O) groups excluding carboxylic acids is 2. The zero-order valence-electron chi connectivity index (χ0n) is 16.2. The van der Waals surface area contributed by atoms with Crippen LogP contribution in [-0.4, -0.2) is 85.2 Å². The molecule has 3 aliphatic heterocycles. The van der Waals surface area contributed by atoms with Crippen molar-refractivity contribution in [3.8, 4) is 0 Å². The Labute approximate surface area is 159 Å². The van der Waals surface area contributed by atoms with E-state index < -0.39 is 12.2 Å².